The van der Waals surface area contributed by atoms with Crippen molar-refractivity contribution in [3.05, 3.63) is 76.2 Å². The third-order valence-electron chi connectivity index (χ3n) is 4.36. The Kier molecular flexibility index (Phi) is 5.04. The first-order valence-corrected chi connectivity index (χ1v) is 8.69. The number of nitrogens with one attached hydrogen (secondary N) is 3. The largest absolute Gasteiger partial charge is 0.351 e. The minimum absolute atomic E-state index is 0.301. The molecule has 1 aliphatic heterocycles. The van der Waals surface area contributed by atoms with Crippen LogP contribution < -0.4 is 16.0 Å². The second kappa shape index (κ2) is 7.25. The predicted molar refractivity (Wildman–Crippen MR) is 105 cm³/mol. The summed E-state index contributed by atoms with van der Waals surface area (Å²) in [5.41, 5.74) is 4.19. The molecule has 26 heavy (non-hydrogen) atoms. The van der Waals surface area contributed by atoms with E-state index < -0.39 is 6.04 Å². The summed E-state index contributed by atoms with van der Waals surface area (Å²) in [6, 6.07) is 11.5. The molecule has 0 aromatic heterocycles. The molecule has 2 aromatic rings. The minimum atomic E-state index is -0.657. The zero-order valence-electron chi connectivity index (χ0n) is 14.8. The Bertz CT molecular complexity index is 923. The number of thiocarbonyl (C=S) groups is 1. The van der Waals surface area contributed by atoms with Crippen LogP contribution in [0, 0.1) is 19.7 Å². The highest BCUT2D eigenvalue weighted by atomic mass is 32.1. The average Bonchev–Trinajstić information content (AvgIpc) is 2.57. The maximum absolute atomic E-state index is 14.3. The lowest BCUT2D eigenvalue weighted by atomic mass is 9.94. The van der Waals surface area contributed by atoms with E-state index in [-0.39, 0.29) is 11.7 Å². The first-order valence-electron chi connectivity index (χ1n) is 8.28. The maximum atomic E-state index is 14.3. The predicted octanol–water partition coefficient (Wildman–Crippen LogP) is 3.87. The van der Waals surface area contributed by atoms with Gasteiger partial charge in [-0.1, -0.05) is 35.9 Å². The molecule has 0 saturated carbocycles. The molecule has 0 bridgehead atoms. The molecular formula is C20H20FN3OS. The second-order valence-corrected chi connectivity index (χ2v) is 6.77. The van der Waals surface area contributed by atoms with Gasteiger partial charge in [0.15, 0.2) is 5.11 Å². The lowest BCUT2D eigenvalue weighted by Gasteiger charge is -2.30. The topological polar surface area (TPSA) is 53.2 Å². The zero-order valence-corrected chi connectivity index (χ0v) is 15.6. The van der Waals surface area contributed by atoms with Crippen molar-refractivity contribution < 1.29 is 9.18 Å². The number of carbonyl (C=O) groups is 1. The van der Waals surface area contributed by atoms with Crippen LogP contribution >= 0.6 is 12.2 Å². The normalized spacial score (nSPS) is 16.8. The molecule has 1 heterocycles. The summed E-state index contributed by atoms with van der Waals surface area (Å²) < 4.78 is 14.3. The standard InChI is InChI=1S/C20H20FN3OS/c1-11-8-9-16(12(2)10-11)23-19(25)17-13(3)22-20(26)24-18(17)14-6-4-5-7-15(14)21/h4-10,18H,1-3H3,(H,23,25)(H2,22,24,26)/t18-/m1/s1. The van der Waals surface area contributed by atoms with Gasteiger partial charge in [0.25, 0.3) is 5.91 Å². The molecule has 0 radical (unpaired) electrons. The van der Waals surface area contributed by atoms with Crippen LogP contribution in [0.4, 0.5) is 10.1 Å². The number of allylic oxidation sites excluding steroid dienone is 1. The van der Waals surface area contributed by atoms with Gasteiger partial charge < -0.3 is 16.0 Å². The molecule has 0 spiro atoms. The summed E-state index contributed by atoms with van der Waals surface area (Å²) in [5.74, 6) is -0.690. The number of halogens is 1. The minimum Gasteiger partial charge on any atom is -0.351 e. The van der Waals surface area contributed by atoms with Crippen molar-refractivity contribution in [1.29, 1.82) is 0 Å². The lowest BCUT2D eigenvalue weighted by Crippen LogP contribution is -2.46. The third-order valence-corrected chi connectivity index (χ3v) is 4.58. The summed E-state index contributed by atoms with van der Waals surface area (Å²) in [4.78, 5) is 13.0. The van der Waals surface area contributed by atoms with Crippen LogP contribution in [0.15, 0.2) is 53.7 Å². The molecule has 3 rings (SSSR count). The molecule has 1 amide bonds. The summed E-state index contributed by atoms with van der Waals surface area (Å²) >= 11 is 5.20. The summed E-state index contributed by atoms with van der Waals surface area (Å²) in [6.07, 6.45) is 0. The van der Waals surface area contributed by atoms with Crippen LogP contribution in [0.25, 0.3) is 0 Å². The van der Waals surface area contributed by atoms with Gasteiger partial charge in [0, 0.05) is 16.9 Å². The van der Waals surface area contributed by atoms with Crippen molar-refractivity contribution in [3.8, 4) is 0 Å². The third kappa shape index (κ3) is 3.60. The van der Waals surface area contributed by atoms with Crippen LogP contribution in [-0.2, 0) is 4.79 Å². The average molecular weight is 369 g/mol. The Morgan fingerprint density at radius 3 is 2.58 bits per heavy atom. The Morgan fingerprint density at radius 1 is 1.15 bits per heavy atom. The molecule has 134 valence electrons. The summed E-state index contributed by atoms with van der Waals surface area (Å²) in [6.45, 7) is 5.69. The summed E-state index contributed by atoms with van der Waals surface area (Å²) in [7, 11) is 0. The number of anilines is 1. The molecule has 0 unspecified atom stereocenters. The van der Waals surface area contributed by atoms with Gasteiger partial charge in [-0.25, -0.2) is 4.39 Å². The maximum Gasteiger partial charge on any atom is 0.255 e. The van der Waals surface area contributed by atoms with Crippen LogP contribution in [0.3, 0.4) is 0 Å². The molecular weight excluding hydrogens is 349 g/mol. The molecule has 0 fully saturated rings. The van der Waals surface area contributed by atoms with Gasteiger partial charge in [0.05, 0.1) is 11.6 Å². The van der Waals surface area contributed by atoms with E-state index in [9.17, 15) is 9.18 Å². The van der Waals surface area contributed by atoms with E-state index in [1.54, 1.807) is 25.1 Å². The fraction of sp³-hybridized carbons (Fsp3) is 0.200. The highest BCUT2D eigenvalue weighted by molar-refractivity contribution is 7.80. The fourth-order valence-corrected chi connectivity index (χ4v) is 3.35. The van der Waals surface area contributed by atoms with E-state index >= 15 is 0 Å². The van der Waals surface area contributed by atoms with Crippen molar-refractivity contribution in [2.45, 2.75) is 26.8 Å². The number of amides is 1. The Morgan fingerprint density at radius 2 is 1.88 bits per heavy atom. The molecule has 6 heteroatoms. The van der Waals surface area contributed by atoms with Crippen molar-refractivity contribution in [2.24, 2.45) is 0 Å². The first kappa shape index (κ1) is 18.1. The smallest absolute Gasteiger partial charge is 0.255 e. The quantitative estimate of drug-likeness (QED) is 0.719. The Labute approximate surface area is 157 Å². The van der Waals surface area contributed by atoms with E-state index in [1.807, 2.05) is 32.0 Å². The van der Waals surface area contributed by atoms with Crippen LogP contribution in [-0.4, -0.2) is 11.0 Å². The molecule has 0 aliphatic carbocycles. The number of aryl methyl sites for hydroxylation is 2. The molecule has 2 aromatic carbocycles. The molecule has 1 aliphatic rings. The zero-order chi connectivity index (χ0) is 18.8. The van der Waals surface area contributed by atoms with Gasteiger partial charge in [-0.15, -0.1) is 0 Å². The van der Waals surface area contributed by atoms with Crippen molar-refractivity contribution >= 4 is 28.9 Å². The van der Waals surface area contributed by atoms with Gasteiger partial charge in [-0.2, -0.15) is 0 Å². The number of carbonyl (C=O) groups excluding carboxylic acids is 1. The van der Waals surface area contributed by atoms with Gasteiger partial charge in [0.2, 0.25) is 0 Å². The van der Waals surface area contributed by atoms with E-state index in [0.29, 0.717) is 21.9 Å². The highest BCUT2D eigenvalue weighted by Gasteiger charge is 2.31. The number of rotatable bonds is 3. The monoisotopic (exact) mass is 369 g/mol. The van der Waals surface area contributed by atoms with E-state index in [1.165, 1.54) is 6.07 Å². The number of hydrogen-bond donors (Lipinski definition) is 3. The molecule has 4 nitrogen and oxygen atoms in total. The molecule has 0 saturated heterocycles. The van der Waals surface area contributed by atoms with Gasteiger partial charge in [0.1, 0.15) is 5.82 Å². The Hall–Kier alpha value is -2.73. The Balaban J connectivity index is 1.98. The summed E-state index contributed by atoms with van der Waals surface area (Å²) in [5, 5.41) is 9.25. The second-order valence-electron chi connectivity index (χ2n) is 6.36. The van der Waals surface area contributed by atoms with Gasteiger partial charge >= 0.3 is 0 Å². The van der Waals surface area contributed by atoms with Crippen LogP contribution in [0.1, 0.15) is 29.7 Å². The first-order chi connectivity index (χ1) is 12.4. The van der Waals surface area contributed by atoms with Gasteiger partial charge in [-0.05, 0) is 50.7 Å². The fourth-order valence-electron chi connectivity index (χ4n) is 3.08. The van der Waals surface area contributed by atoms with E-state index in [2.05, 4.69) is 16.0 Å². The highest BCUT2D eigenvalue weighted by Crippen LogP contribution is 2.29. The molecule has 1 atom stereocenters. The molecule has 3 N–H and O–H groups in total. The van der Waals surface area contributed by atoms with E-state index in [0.717, 1.165) is 16.8 Å². The number of benzene rings is 2. The number of hydrogen-bond acceptors (Lipinski definition) is 2. The van der Waals surface area contributed by atoms with Gasteiger partial charge in [-0.3, -0.25) is 4.79 Å². The van der Waals surface area contributed by atoms with Crippen LogP contribution in [0.5, 0.6) is 0 Å². The SMILES string of the molecule is CC1=C(C(=O)Nc2ccc(C)cc2C)[C@@H](c2ccccc2F)NC(=S)N1. The van der Waals surface area contributed by atoms with Crippen molar-refractivity contribution in [1.82, 2.24) is 10.6 Å². The van der Waals surface area contributed by atoms with Crippen molar-refractivity contribution in [2.75, 3.05) is 5.32 Å². The van der Waals surface area contributed by atoms with E-state index in [4.69, 9.17) is 12.2 Å². The lowest BCUT2D eigenvalue weighted by molar-refractivity contribution is -0.113. The van der Waals surface area contributed by atoms with Crippen molar-refractivity contribution in [3.63, 3.8) is 0 Å². The van der Waals surface area contributed by atoms with Crippen LogP contribution in [0.2, 0.25) is 0 Å².